The standard InChI is InChI=1S/C11H16N6OS.ClH/c1-4-16(3)10(18)8-5-13-11(19-8)17-9(7(2)12)14-6-15-17;/h5-7H,4,12H2,1-3H3;1H/t7-;/m0./s1. The van der Waals surface area contributed by atoms with E-state index in [2.05, 4.69) is 15.1 Å². The number of hydrogen-bond donors (Lipinski definition) is 1. The van der Waals surface area contributed by atoms with Gasteiger partial charge in [-0.05, 0) is 13.8 Å². The van der Waals surface area contributed by atoms with E-state index in [1.807, 2.05) is 13.8 Å². The quantitative estimate of drug-likeness (QED) is 0.917. The zero-order chi connectivity index (χ0) is 14.0. The number of amides is 1. The average Bonchev–Trinajstić information content (AvgIpc) is 3.04. The minimum absolute atomic E-state index is 0. The zero-order valence-corrected chi connectivity index (χ0v) is 13.1. The molecule has 2 N–H and O–H groups in total. The predicted molar refractivity (Wildman–Crippen MR) is 79.5 cm³/mol. The topological polar surface area (TPSA) is 89.9 Å². The van der Waals surface area contributed by atoms with Crippen LogP contribution in [0.1, 0.15) is 35.4 Å². The second-order valence-corrected chi connectivity index (χ2v) is 5.15. The van der Waals surface area contributed by atoms with Crippen molar-refractivity contribution in [2.75, 3.05) is 13.6 Å². The molecule has 0 saturated carbocycles. The number of nitrogens with two attached hydrogens (primary N) is 1. The molecule has 0 unspecified atom stereocenters. The number of carbonyl (C=O) groups is 1. The summed E-state index contributed by atoms with van der Waals surface area (Å²) in [7, 11) is 1.75. The van der Waals surface area contributed by atoms with Gasteiger partial charge in [0.2, 0.25) is 5.13 Å². The third-order valence-electron chi connectivity index (χ3n) is 2.69. The molecule has 0 aliphatic carbocycles. The summed E-state index contributed by atoms with van der Waals surface area (Å²) in [5, 5.41) is 4.69. The van der Waals surface area contributed by atoms with Gasteiger partial charge in [-0.25, -0.2) is 9.97 Å². The molecule has 0 saturated heterocycles. The van der Waals surface area contributed by atoms with Crippen LogP contribution in [0.15, 0.2) is 12.5 Å². The molecular weight excluding hydrogens is 300 g/mol. The average molecular weight is 317 g/mol. The fourth-order valence-electron chi connectivity index (χ4n) is 1.50. The van der Waals surface area contributed by atoms with Crippen LogP contribution in [0, 0.1) is 0 Å². The van der Waals surface area contributed by atoms with Crippen LogP contribution in [-0.4, -0.2) is 44.1 Å². The Kier molecular flexibility index (Phi) is 5.61. The Hall–Kier alpha value is -1.51. The van der Waals surface area contributed by atoms with Crippen molar-refractivity contribution < 1.29 is 4.79 Å². The highest BCUT2D eigenvalue weighted by Gasteiger charge is 2.18. The largest absolute Gasteiger partial charge is 0.341 e. The van der Waals surface area contributed by atoms with Gasteiger partial charge in [0, 0.05) is 13.6 Å². The SMILES string of the molecule is CCN(C)C(=O)c1cnc(-n2ncnc2[C@H](C)N)s1.Cl. The summed E-state index contributed by atoms with van der Waals surface area (Å²) in [6.45, 7) is 4.40. The molecule has 0 radical (unpaired) electrons. The van der Waals surface area contributed by atoms with Crippen LogP contribution in [0.3, 0.4) is 0 Å². The van der Waals surface area contributed by atoms with Crippen molar-refractivity contribution in [2.24, 2.45) is 5.73 Å². The van der Waals surface area contributed by atoms with Gasteiger partial charge in [-0.15, -0.1) is 12.4 Å². The van der Waals surface area contributed by atoms with Crippen molar-refractivity contribution in [2.45, 2.75) is 19.9 Å². The van der Waals surface area contributed by atoms with Gasteiger partial charge < -0.3 is 10.6 Å². The lowest BCUT2D eigenvalue weighted by atomic mass is 10.3. The van der Waals surface area contributed by atoms with E-state index in [4.69, 9.17) is 5.73 Å². The molecule has 0 aliphatic rings. The molecule has 9 heteroatoms. The third-order valence-corrected chi connectivity index (χ3v) is 3.65. The molecule has 2 aromatic heterocycles. The predicted octanol–water partition coefficient (Wildman–Crippen LogP) is 1.26. The number of carbonyl (C=O) groups excluding carboxylic acids is 1. The van der Waals surface area contributed by atoms with Gasteiger partial charge in [-0.3, -0.25) is 4.79 Å². The number of nitrogens with zero attached hydrogens (tertiary/aromatic N) is 5. The van der Waals surface area contributed by atoms with Gasteiger partial charge in [-0.1, -0.05) is 11.3 Å². The van der Waals surface area contributed by atoms with Gasteiger partial charge in [0.15, 0.2) is 5.82 Å². The van der Waals surface area contributed by atoms with E-state index in [1.165, 1.54) is 17.7 Å². The zero-order valence-electron chi connectivity index (χ0n) is 11.5. The maximum Gasteiger partial charge on any atom is 0.265 e. The monoisotopic (exact) mass is 316 g/mol. The molecular formula is C11H17ClN6OS. The van der Waals surface area contributed by atoms with Gasteiger partial charge in [0.05, 0.1) is 12.2 Å². The van der Waals surface area contributed by atoms with Crippen molar-refractivity contribution >= 4 is 29.7 Å². The smallest absolute Gasteiger partial charge is 0.265 e. The Morgan fingerprint density at radius 1 is 1.55 bits per heavy atom. The van der Waals surface area contributed by atoms with E-state index in [0.717, 1.165) is 0 Å². The van der Waals surface area contributed by atoms with Crippen molar-refractivity contribution in [1.29, 1.82) is 0 Å². The Labute approximate surface area is 127 Å². The molecule has 2 rings (SSSR count). The second-order valence-electron chi connectivity index (χ2n) is 4.15. The molecule has 0 fully saturated rings. The van der Waals surface area contributed by atoms with Crippen LogP contribution < -0.4 is 5.73 Å². The highest BCUT2D eigenvalue weighted by Crippen LogP contribution is 2.20. The normalized spacial score (nSPS) is 11.8. The molecule has 20 heavy (non-hydrogen) atoms. The summed E-state index contributed by atoms with van der Waals surface area (Å²) in [6.07, 6.45) is 2.99. The van der Waals surface area contributed by atoms with E-state index >= 15 is 0 Å². The molecule has 0 aromatic carbocycles. The number of aromatic nitrogens is 4. The van der Waals surface area contributed by atoms with Crippen LogP contribution in [0.2, 0.25) is 0 Å². The summed E-state index contributed by atoms with van der Waals surface area (Å²) in [4.78, 5) is 22.5. The fourth-order valence-corrected chi connectivity index (χ4v) is 2.38. The molecule has 1 amide bonds. The number of thiazole rings is 1. The molecule has 2 aromatic rings. The minimum Gasteiger partial charge on any atom is -0.341 e. The first-order valence-corrected chi connectivity index (χ1v) is 6.73. The molecule has 0 bridgehead atoms. The van der Waals surface area contributed by atoms with Crippen molar-refractivity contribution in [3.8, 4) is 5.13 Å². The lowest BCUT2D eigenvalue weighted by Crippen LogP contribution is -2.25. The van der Waals surface area contributed by atoms with E-state index in [9.17, 15) is 4.79 Å². The third kappa shape index (κ3) is 3.14. The van der Waals surface area contributed by atoms with Crippen LogP contribution in [0.4, 0.5) is 0 Å². The van der Waals surface area contributed by atoms with Crippen LogP contribution >= 0.6 is 23.7 Å². The van der Waals surface area contributed by atoms with Gasteiger partial charge >= 0.3 is 0 Å². The van der Waals surface area contributed by atoms with E-state index in [1.54, 1.807) is 22.8 Å². The Balaban J connectivity index is 0.00000200. The summed E-state index contributed by atoms with van der Waals surface area (Å²) in [5.41, 5.74) is 5.81. The van der Waals surface area contributed by atoms with Crippen molar-refractivity contribution in [3.63, 3.8) is 0 Å². The van der Waals surface area contributed by atoms with Gasteiger partial charge in [0.1, 0.15) is 11.2 Å². The van der Waals surface area contributed by atoms with Gasteiger partial charge in [-0.2, -0.15) is 9.78 Å². The Bertz CT molecular complexity index is 581. The molecule has 7 nitrogen and oxygen atoms in total. The molecule has 0 spiro atoms. The summed E-state index contributed by atoms with van der Waals surface area (Å²) in [6, 6.07) is -0.246. The molecule has 0 aliphatic heterocycles. The first-order chi connectivity index (χ1) is 9.04. The maximum atomic E-state index is 12.0. The molecule has 1 atom stereocenters. The van der Waals surface area contributed by atoms with E-state index in [0.29, 0.717) is 22.4 Å². The molecule has 110 valence electrons. The Morgan fingerprint density at radius 2 is 2.25 bits per heavy atom. The number of rotatable bonds is 4. The number of hydrogen-bond acceptors (Lipinski definition) is 6. The minimum atomic E-state index is -0.246. The number of halogens is 1. The first kappa shape index (κ1) is 16.5. The summed E-state index contributed by atoms with van der Waals surface area (Å²) in [5.74, 6) is 0.575. The van der Waals surface area contributed by atoms with Crippen LogP contribution in [0.25, 0.3) is 5.13 Å². The summed E-state index contributed by atoms with van der Waals surface area (Å²) < 4.78 is 1.57. The van der Waals surface area contributed by atoms with Crippen LogP contribution in [-0.2, 0) is 0 Å². The van der Waals surface area contributed by atoms with Gasteiger partial charge in [0.25, 0.3) is 5.91 Å². The second kappa shape index (κ2) is 6.78. The van der Waals surface area contributed by atoms with E-state index in [-0.39, 0.29) is 24.4 Å². The van der Waals surface area contributed by atoms with Crippen LogP contribution in [0.5, 0.6) is 0 Å². The lowest BCUT2D eigenvalue weighted by molar-refractivity contribution is 0.0807. The van der Waals surface area contributed by atoms with E-state index < -0.39 is 0 Å². The summed E-state index contributed by atoms with van der Waals surface area (Å²) >= 11 is 1.28. The highest BCUT2D eigenvalue weighted by atomic mass is 35.5. The van der Waals surface area contributed by atoms with Crippen molar-refractivity contribution in [1.82, 2.24) is 24.6 Å². The Morgan fingerprint density at radius 3 is 2.85 bits per heavy atom. The van der Waals surface area contributed by atoms with Crippen molar-refractivity contribution in [3.05, 3.63) is 23.2 Å². The highest BCUT2D eigenvalue weighted by molar-refractivity contribution is 7.16. The first-order valence-electron chi connectivity index (χ1n) is 5.91. The lowest BCUT2D eigenvalue weighted by Gasteiger charge is -2.11. The maximum absolute atomic E-state index is 12.0. The molecule has 2 heterocycles. The fraction of sp³-hybridized carbons (Fsp3) is 0.455.